The van der Waals surface area contributed by atoms with Gasteiger partial charge in [-0.15, -0.1) is 0 Å². The Balaban J connectivity index is 2.03. The molecule has 1 unspecified atom stereocenters. The quantitative estimate of drug-likeness (QED) is 0.705. The molecule has 5 heteroatoms. The highest BCUT2D eigenvalue weighted by Gasteiger charge is 2.24. The lowest BCUT2D eigenvalue weighted by molar-refractivity contribution is 0.0984. The normalized spacial score (nSPS) is 19.1. The van der Waals surface area contributed by atoms with Crippen LogP contribution in [0, 0.1) is 0 Å². The summed E-state index contributed by atoms with van der Waals surface area (Å²) in [5.41, 5.74) is 6.88. The second-order valence-corrected chi connectivity index (χ2v) is 5.38. The van der Waals surface area contributed by atoms with Crippen LogP contribution in [0.4, 0.5) is 0 Å². The molecule has 0 aromatic heterocycles. The topological polar surface area (TPSA) is 73.0 Å². The van der Waals surface area contributed by atoms with Gasteiger partial charge in [0.05, 0.1) is 0 Å². The summed E-state index contributed by atoms with van der Waals surface area (Å²) in [6.45, 7) is 7.98. The third kappa shape index (κ3) is 3.42. The van der Waals surface area contributed by atoms with Crippen LogP contribution in [0.25, 0.3) is 0 Å². The first-order chi connectivity index (χ1) is 9.65. The van der Waals surface area contributed by atoms with Crippen LogP contribution >= 0.6 is 0 Å². The van der Waals surface area contributed by atoms with Gasteiger partial charge in [-0.25, -0.2) is 0 Å². The van der Waals surface area contributed by atoms with Gasteiger partial charge in [-0.1, -0.05) is 13.0 Å². The highest BCUT2D eigenvalue weighted by atomic mass is 16.3. The summed E-state index contributed by atoms with van der Waals surface area (Å²) < 4.78 is 0. The van der Waals surface area contributed by atoms with E-state index in [0.29, 0.717) is 6.54 Å². The summed E-state index contributed by atoms with van der Waals surface area (Å²) in [7, 11) is 0. The van der Waals surface area contributed by atoms with E-state index < -0.39 is 0 Å². The highest BCUT2D eigenvalue weighted by Crippen LogP contribution is 2.30. The Morgan fingerprint density at radius 3 is 2.40 bits per heavy atom. The average molecular weight is 279 g/mol. The molecule has 112 valence electrons. The number of nitrogens with two attached hydrogens (primary N) is 1. The third-order valence-electron chi connectivity index (χ3n) is 3.99. The minimum absolute atomic E-state index is 0.0782. The molecule has 0 spiro atoms. The van der Waals surface area contributed by atoms with Gasteiger partial charge in [-0.3, -0.25) is 4.90 Å². The lowest BCUT2D eigenvalue weighted by Crippen LogP contribution is -2.49. The molecule has 0 radical (unpaired) electrons. The van der Waals surface area contributed by atoms with E-state index in [9.17, 15) is 10.2 Å². The molecule has 0 saturated carbocycles. The second-order valence-electron chi connectivity index (χ2n) is 5.38. The zero-order valence-corrected chi connectivity index (χ0v) is 12.1. The van der Waals surface area contributed by atoms with E-state index in [2.05, 4.69) is 16.7 Å². The molecule has 0 amide bonds. The maximum absolute atomic E-state index is 9.64. The summed E-state index contributed by atoms with van der Waals surface area (Å²) in [5, 5.41) is 19.0. The monoisotopic (exact) mass is 279 g/mol. The largest absolute Gasteiger partial charge is 0.504 e. The molecule has 4 N–H and O–H groups in total. The van der Waals surface area contributed by atoms with Crippen LogP contribution in [-0.2, 0) is 0 Å². The van der Waals surface area contributed by atoms with Crippen LogP contribution in [-0.4, -0.2) is 59.3 Å². The molecule has 1 aliphatic heterocycles. The number of hydrogen-bond donors (Lipinski definition) is 3. The fraction of sp³-hybridized carbons (Fsp3) is 0.600. The number of hydrogen-bond acceptors (Lipinski definition) is 5. The SMILES string of the molecule is CCCN1CCN(C(CN)c2ccc(O)c(O)c2)CC1. The van der Waals surface area contributed by atoms with Crippen molar-refractivity contribution in [1.29, 1.82) is 0 Å². The Labute approximate surface area is 120 Å². The summed E-state index contributed by atoms with van der Waals surface area (Å²) in [5.74, 6) is -0.164. The van der Waals surface area contributed by atoms with Crippen molar-refractivity contribution in [3.63, 3.8) is 0 Å². The number of benzene rings is 1. The molecule has 0 bridgehead atoms. The predicted molar refractivity (Wildman–Crippen MR) is 79.9 cm³/mol. The minimum atomic E-state index is -0.0858. The molecule has 1 aliphatic rings. The summed E-state index contributed by atoms with van der Waals surface area (Å²) in [6.07, 6.45) is 1.19. The molecule has 1 aromatic rings. The number of piperazine rings is 1. The van der Waals surface area contributed by atoms with E-state index in [-0.39, 0.29) is 17.5 Å². The fourth-order valence-electron chi connectivity index (χ4n) is 2.86. The van der Waals surface area contributed by atoms with E-state index in [0.717, 1.165) is 38.3 Å². The second kappa shape index (κ2) is 6.92. The predicted octanol–water partition coefficient (Wildman–Crippen LogP) is 1.13. The van der Waals surface area contributed by atoms with Gasteiger partial charge < -0.3 is 20.8 Å². The lowest BCUT2D eigenvalue weighted by Gasteiger charge is -2.39. The molecule has 20 heavy (non-hydrogen) atoms. The van der Waals surface area contributed by atoms with Crippen molar-refractivity contribution in [2.45, 2.75) is 19.4 Å². The Morgan fingerprint density at radius 2 is 1.85 bits per heavy atom. The van der Waals surface area contributed by atoms with Gasteiger partial charge >= 0.3 is 0 Å². The standard InChI is InChI=1S/C15H25N3O2/c1-2-5-17-6-8-18(9-7-17)13(11-16)12-3-4-14(19)15(20)10-12/h3-4,10,13,19-20H,2,5-9,11,16H2,1H3. The van der Waals surface area contributed by atoms with E-state index in [1.165, 1.54) is 12.5 Å². The maximum atomic E-state index is 9.64. The van der Waals surface area contributed by atoms with Crippen molar-refractivity contribution in [1.82, 2.24) is 9.80 Å². The lowest BCUT2D eigenvalue weighted by atomic mass is 10.0. The first kappa shape index (κ1) is 15.1. The van der Waals surface area contributed by atoms with Crippen LogP contribution in [0.5, 0.6) is 11.5 Å². The summed E-state index contributed by atoms with van der Waals surface area (Å²) in [6, 6.07) is 5.09. The van der Waals surface area contributed by atoms with Crippen molar-refractivity contribution in [2.24, 2.45) is 5.73 Å². The van der Waals surface area contributed by atoms with Crippen molar-refractivity contribution in [3.05, 3.63) is 23.8 Å². The Hall–Kier alpha value is -1.30. The van der Waals surface area contributed by atoms with Gasteiger partial charge in [0.25, 0.3) is 0 Å². The van der Waals surface area contributed by atoms with E-state index in [1.54, 1.807) is 6.07 Å². The third-order valence-corrected chi connectivity index (χ3v) is 3.99. The van der Waals surface area contributed by atoms with Gasteiger partial charge in [-0.05, 0) is 30.7 Å². The summed E-state index contributed by atoms with van der Waals surface area (Å²) in [4.78, 5) is 4.83. The van der Waals surface area contributed by atoms with Crippen LogP contribution < -0.4 is 5.73 Å². The minimum Gasteiger partial charge on any atom is -0.504 e. The van der Waals surface area contributed by atoms with Gasteiger partial charge in [0.1, 0.15) is 0 Å². The smallest absolute Gasteiger partial charge is 0.157 e. The number of aromatic hydroxyl groups is 2. The van der Waals surface area contributed by atoms with Crippen molar-refractivity contribution in [3.8, 4) is 11.5 Å². The highest BCUT2D eigenvalue weighted by molar-refractivity contribution is 5.41. The fourth-order valence-corrected chi connectivity index (χ4v) is 2.86. The molecule has 1 aromatic carbocycles. The molecular weight excluding hydrogens is 254 g/mol. The van der Waals surface area contributed by atoms with E-state index in [1.807, 2.05) is 6.07 Å². The molecular formula is C15H25N3O2. The van der Waals surface area contributed by atoms with Gasteiger partial charge in [0.15, 0.2) is 11.5 Å². The Bertz CT molecular complexity index is 431. The van der Waals surface area contributed by atoms with E-state index >= 15 is 0 Å². The number of rotatable bonds is 5. The zero-order chi connectivity index (χ0) is 14.5. The Morgan fingerprint density at radius 1 is 1.15 bits per heavy atom. The molecule has 1 atom stereocenters. The Kier molecular flexibility index (Phi) is 5.23. The van der Waals surface area contributed by atoms with Crippen molar-refractivity contribution >= 4 is 0 Å². The molecule has 2 rings (SSSR count). The number of phenolic OH excluding ortho intramolecular Hbond substituents is 2. The van der Waals surface area contributed by atoms with E-state index in [4.69, 9.17) is 5.73 Å². The first-order valence-electron chi connectivity index (χ1n) is 7.34. The molecule has 0 aliphatic carbocycles. The molecule has 5 nitrogen and oxygen atoms in total. The van der Waals surface area contributed by atoms with Gasteiger partial charge in [-0.2, -0.15) is 0 Å². The van der Waals surface area contributed by atoms with Crippen molar-refractivity contribution < 1.29 is 10.2 Å². The average Bonchev–Trinajstić information content (AvgIpc) is 2.46. The molecule has 1 fully saturated rings. The zero-order valence-electron chi connectivity index (χ0n) is 12.1. The molecule has 1 heterocycles. The maximum Gasteiger partial charge on any atom is 0.157 e. The number of phenols is 2. The number of nitrogens with zero attached hydrogens (tertiary/aromatic N) is 2. The summed E-state index contributed by atoms with van der Waals surface area (Å²) >= 11 is 0. The molecule has 1 saturated heterocycles. The van der Waals surface area contributed by atoms with Crippen LogP contribution in [0.2, 0.25) is 0 Å². The van der Waals surface area contributed by atoms with Gasteiger partial charge in [0.2, 0.25) is 0 Å². The van der Waals surface area contributed by atoms with Crippen molar-refractivity contribution in [2.75, 3.05) is 39.3 Å². The van der Waals surface area contributed by atoms with Gasteiger partial charge in [0, 0.05) is 38.8 Å². The van der Waals surface area contributed by atoms with Crippen LogP contribution in [0.15, 0.2) is 18.2 Å². The first-order valence-corrected chi connectivity index (χ1v) is 7.34. The van der Waals surface area contributed by atoms with Crippen LogP contribution in [0.1, 0.15) is 24.9 Å². The van der Waals surface area contributed by atoms with Crippen LogP contribution in [0.3, 0.4) is 0 Å².